The molecule has 0 aliphatic heterocycles. The van der Waals surface area contributed by atoms with Gasteiger partial charge in [-0.25, -0.2) is 0 Å². The van der Waals surface area contributed by atoms with E-state index in [0.29, 0.717) is 6.61 Å². The van der Waals surface area contributed by atoms with Crippen LogP contribution < -0.4 is 10.5 Å². The molecule has 0 amide bonds. The summed E-state index contributed by atoms with van der Waals surface area (Å²) < 4.78 is 5.82. The van der Waals surface area contributed by atoms with Crippen molar-refractivity contribution in [2.75, 3.05) is 0 Å². The highest BCUT2D eigenvalue weighted by Gasteiger charge is 2.02. The number of rotatable bonds is 4. The first-order valence-corrected chi connectivity index (χ1v) is 6.61. The van der Waals surface area contributed by atoms with Crippen molar-refractivity contribution < 1.29 is 4.74 Å². The summed E-state index contributed by atoms with van der Waals surface area (Å²) in [6.07, 6.45) is 0. The van der Waals surface area contributed by atoms with Crippen molar-refractivity contribution in [3.63, 3.8) is 0 Å². The lowest BCUT2D eigenvalue weighted by atomic mass is 10.1. The summed E-state index contributed by atoms with van der Waals surface area (Å²) >= 11 is 0. The van der Waals surface area contributed by atoms with Gasteiger partial charge in [-0.05, 0) is 55.2 Å². The lowest BCUT2D eigenvalue weighted by Gasteiger charge is -2.11. The Kier molecular flexibility index (Phi) is 4.23. The fourth-order valence-electron chi connectivity index (χ4n) is 1.95. The zero-order valence-corrected chi connectivity index (χ0v) is 11.8. The highest BCUT2D eigenvalue weighted by Crippen LogP contribution is 2.19. The molecule has 1 atom stereocenters. The van der Waals surface area contributed by atoms with Crippen LogP contribution in [-0.4, -0.2) is 0 Å². The molecule has 2 aromatic carbocycles. The molecule has 0 saturated carbocycles. The van der Waals surface area contributed by atoms with Crippen LogP contribution in [0.3, 0.4) is 0 Å². The van der Waals surface area contributed by atoms with Crippen molar-refractivity contribution in [2.24, 2.45) is 5.73 Å². The Labute approximate surface area is 115 Å². The quantitative estimate of drug-likeness (QED) is 0.899. The van der Waals surface area contributed by atoms with Gasteiger partial charge in [-0.2, -0.15) is 0 Å². The Balaban J connectivity index is 2.05. The van der Waals surface area contributed by atoms with Crippen molar-refractivity contribution in [1.82, 2.24) is 0 Å². The van der Waals surface area contributed by atoms with Gasteiger partial charge >= 0.3 is 0 Å². The van der Waals surface area contributed by atoms with Gasteiger partial charge < -0.3 is 10.5 Å². The second-order valence-electron chi connectivity index (χ2n) is 5.07. The first kappa shape index (κ1) is 13.6. The molecule has 2 rings (SSSR count). The molecule has 2 nitrogen and oxygen atoms in total. The second-order valence-corrected chi connectivity index (χ2v) is 5.07. The zero-order valence-electron chi connectivity index (χ0n) is 11.8. The van der Waals surface area contributed by atoms with E-state index in [1.165, 1.54) is 16.7 Å². The highest BCUT2D eigenvalue weighted by atomic mass is 16.5. The average molecular weight is 255 g/mol. The van der Waals surface area contributed by atoms with Crippen LogP contribution in [0.5, 0.6) is 5.75 Å². The van der Waals surface area contributed by atoms with Gasteiger partial charge in [-0.1, -0.05) is 30.3 Å². The van der Waals surface area contributed by atoms with Gasteiger partial charge in [0, 0.05) is 6.04 Å². The minimum atomic E-state index is 0.0326. The zero-order chi connectivity index (χ0) is 13.8. The smallest absolute Gasteiger partial charge is 0.120 e. The summed E-state index contributed by atoms with van der Waals surface area (Å²) in [4.78, 5) is 0. The summed E-state index contributed by atoms with van der Waals surface area (Å²) in [5.74, 6) is 0.869. The third-order valence-corrected chi connectivity index (χ3v) is 3.36. The van der Waals surface area contributed by atoms with E-state index < -0.39 is 0 Å². The fourth-order valence-corrected chi connectivity index (χ4v) is 1.95. The van der Waals surface area contributed by atoms with Gasteiger partial charge in [-0.15, -0.1) is 0 Å². The van der Waals surface area contributed by atoms with E-state index in [1.807, 2.05) is 31.2 Å². The van der Waals surface area contributed by atoms with E-state index in [-0.39, 0.29) is 6.04 Å². The molecule has 0 radical (unpaired) electrons. The maximum Gasteiger partial charge on any atom is 0.120 e. The molecule has 0 bridgehead atoms. The lowest BCUT2D eigenvalue weighted by molar-refractivity contribution is 0.305. The number of hydrogen-bond acceptors (Lipinski definition) is 2. The minimum Gasteiger partial charge on any atom is -0.489 e. The van der Waals surface area contributed by atoms with Gasteiger partial charge in [0.05, 0.1) is 0 Å². The molecule has 0 fully saturated rings. The molecule has 100 valence electrons. The van der Waals surface area contributed by atoms with Crippen LogP contribution in [-0.2, 0) is 6.61 Å². The summed E-state index contributed by atoms with van der Waals surface area (Å²) in [5.41, 5.74) is 10.8. The van der Waals surface area contributed by atoms with Crippen LogP contribution in [0.25, 0.3) is 0 Å². The van der Waals surface area contributed by atoms with Gasteiger partial charge in [0.25, 0.3) is 0 Å². The number of nitrogens with two attached hydrogens (primary N) is 1. The summed E-state index contributed by atoms with van der Waals surface area (Å²) in [6.45, 7) is 6.80. The monoisotopic (exact) mass is 255 g/mol. The van der Waals surface area contributed by atoms with E-state index in [1.54, 1.807) is 0 Å². The molecule has 19 heavy (non-hydrogen) atoms. The SMILES string of the molecule is Cc1ccc(COc2cccc(C(C)N)c2)cc1C. The summed E-state index contributed by atoms with van der Waals surface area (Å²) in [6, 6.07) is 14.4. The molecule has 2 heteroatoms. The van der Waals surface area contributed by atoms with Gasteiger partial charge in [0.15, 0.2) is 0 Å². The second kappa shape index (κ2) is 5.89. The van der Waals surface area contributed by atoms with Crippen molar-refractivity contribution in [1.29, 1.82) is 0 Å². The van der Waals surface area contributed by atoms with Gasteiger partial charge in [0.1, 0.15) is 12.4 Å². The molecule has 1 unspecified atom stereocenters. The molecule has 0 heterocycles. The van der Waals surface area contributed by atoms with Gasteiger partial charge in [-0.3, -0.25) is 0 Å². The maximum atomic E-state index is 5.87. The van der Waals surface area contributed by atoms with Crippen LogP contribution in [0, 0.1) is 13.8 Å². The Morgan fingerprint density at radius 3 is 2.53 bits per heavy atom. The third-order valence-electron chi connectivity index (χ3n) is 3.36. The number of benzene rings is 2. The van der Waals surface area contributed by atoms with Crippen LogP contribution in [0.2, 0.25) is 0 Å². The van der Waals surface area contributed by atoms with E-state index >= 15 is 0 Å². The largest absolute Gasteiger partial charge is 0.489 e. The Bertz CT molecular complexity index is 561. The molecular weight excluding hydrogens is 234 g/mol. The highest BCUT2D eigenvalue weighted by molar-refractivity contribution is 5.32. The van der Waals surface area contributed by atoms with Crippen molar-refractivity contribution in [3.05, 3.63) is 64.7 Å². The molecule has 0 aliphatic carbocycles. The van der Waals surface area contributed by atoms with Crippen LogP contribution >= 0.6 is 0 Å². The van der Waals surface area contributed by atoms with Crippen LogP contribution in [0.15, 0.2) is 42.5 Å². The predicted octanol–water partition coefficient (Wildman–Crippen LogP) is 3.90. The molecule has 0 aromatic heterocycles. The van der Waals surface area contributed by atoms with Crippen molar-refractivity contribution in [2.45, 2.75) is 33.4 Å². The Morgan fingerprint density at radius 2 is 1.84 bits per heavy atom. The first-order chi connectivity index (χ1) is 9.06. The minimum absolute atomic E-state index is 0.0326. The molecule has 0 saturated heterocycles. The molecular formula is C17H21NO. The van der Waals surface area contributed by atoms with E-state index in [2.05, 4.69) is 32.0 Å². The van der Waals surface area contributed by atoms with E-state index in [9.17, 15) is 0 Å². The first-order valence-electron chi connectivity index (χ1n) is 6.61. The van der Waals surface area contributed by atoms with Gasteiger partial charge in [0.2, 0.25) is 0 Å². The normalized spacial score (nSPS) is 12.2. The van der Waals surface area contributed by atoms with E-state index in [4.69, 9.17) is 10.5 Å². The maximum absolute atomic E-state index is 5.87. The van der Waals surface area contributed by atoms with Crippen molar-refractivity contribution in [3.8, 4) is 5.75 Å². The predicted molar refractivity (Wildman–Crippen MR) is 79.3 cm³/mol. The molecule has 2 aromatic rings. The molecule has 0 spiro atoms. The molecule has 2 N–H and O–H groups in total. The summed E-state index contributed by atoms with van der Waals surface area (Å²) in [5, 5.41) is 0. The number of aryl methyl sites for hydroxylation is 2. The number of ether oxygens (including phenoxy) is 1. The Morgan fingerprint density at radius 1 is 1.05 bits per heavy atom. The van der Waals surface area contributed by atoms with E-state index in [0.717, 1.165) is 11.3 Å². The lowest BCUT2D eigenvalue weighted by Crippen LogP contribution is -2.05. The average Bonchev–Trinajstić information content (AvgIpc) is 2.40. The van der Waals surface area contributed by atoms with Crippen molar-refractivity contribution >= 4 is 0 Å². The fraction of sp³-hybridized carbons (Fsp3) is 0.294. The standard InChI is InChI=1S/C17H21NO/c1-12-7-8-15(9-13(12)2)11-19-17-6-4-5-16(10-17)14(3)18/h4-10,14H,11,18H2,1-3H3. The Hall–Kier alpha value is -1.80. The van der Waals surface area contributed by atoms with Crippen LogP contribution in [0.4, 0.5) is 0 Å². The van der Waals surface area contributed by atoms with Crippen LogP contribution in [0.1, 0.15) is 35.2 Å². The topological polar surface area (TPSA) is 35.2 Å². The molecule has 0 aliphatic rings. The number of hydrogen-bond donors (Lipinski definition) is 1. The third kappa shape index (κ3) is 3.58. The summed E-state index contributed by atoms with van der Waals surface area (Å²) in [7, 11) is 0.